The number of benzene rings is 1. The molecule has 0 radical (unpaired) electrons. The standard InChI is InChI=1S/C13H20N2O2/c1-13(2,3)17-8-7-12(16)15-11-6-4-5-10(14)9-11/h4-6,9H,7-8,14H2,1-3H3,(H,15,16). The van der Waals surface area contributed by atoms with Crippen molar-refractivity contribution in [3.8, 4) is 0 Å². The molecule has 0 saturated carbocycles. The topological polar surface area (TPSA) is 64.3 Å². The molecule has 0 atom stereocenters. The van der Waals surface area contributed by atoms with E-state index in [1.54, 1.807) is 24.3 Å². The first kappa shape index (κ1) is 13.5. The van der Waals surface area contributed by atoms with Gasteiger partial charge in [-0.05, 0) is 39.0 Å². The number of hydrogen-bond acceptors (Lipinski definition) is 3. The van der Waals surface area contributed by atoms with Crippen molar-refractivity contribution in [1.82, 2.24) is 0 Å². The van der Waals surface area contributed by atoms with Crippen LogP contribution in [0, 0.1) is 0 Å². The van der Waals surface area contributed by atoms with Crippen LogP contribution in [-0.2, 0) is 9.53 Å². The second-order valence-corrected chi connectivity index (χ2v) is 4.88. The summed E-state index contributed by atoms with van der Waals surface area (Å²) in [5.41, 5.74) is 6.75. The van der Waals surface area contributed by atoms with Crippen molar-refractivity contribution in [2.24, 2.45) is 0 Å². The summed E-state index contributed by atoms with van der Waals surface area (Å²) in [7, 11) is 0. The number of carbonyl (C=O) groups is 1. The number of nitrogens with two attached hydrogens (primary N) is 1. The molecule has 0 spiro atoms. The first-order valence-corrected chi connectivity index (χ1v) is 5.66. The van der Waals surface area contributed by atoms with E-state index in [0.29, 0.717) is 24.4 Å². The van der Waals surface area contributed by atoms with Crippen LogP contribution in [-0.4, -0.2) is 18.1 Å². The highest BCUT2D eigenvalue weighted by Crippen LogP contribution is 2.12. The van der Waals surface area contributed by atoms with Gasteiger partial charge in [0.1, 0.15) is 0 Å². The highest BCUT2D eigenvalue weighted by Gasteiger charge is 2.11. The van der Waals surface area contributed by atoms with E-state index >= 15 is 0 Å². The molecular formula is C13H20N2O2. The minimum absolute atomic E-state index is 0.0696. The summed E-state index contributed by atoms with van der Waals surface area (Å²) >= 11 is 0. The molecule has 4 heteroatoms. The van der Waals surface area contributed by atoms with E-state index in [-0.39, 0.29) is 11.5 Å². The van der Waals surface area contributed by atoms with Crippen molar-refractivity contribution < 1.29 is 9.53 Å². The highest BCUT2D eigenvalue weighted by atomic mass is 16.5. The lowest BCUT2D eigenvalue weighted by Gasteiger charge is -2.19. The quantitative estimate of drug-likeness (QED) is 0.789. The summed E-state index contributed by atoms with van der Waals surface area (Å²) < 4.78 is 5.48. The molecule has 0 saturated heterocycles. The van der Waals surface area contributed by atoms with Crippen molar-refractivity contribution in [1.29, 1.82) is 0 Å². The number of ether oxygens (including phenoxy) is 1. The zero-order valence-electron chi connectivity index (χ0n) is 10.6. The van der Waals surface area contributed by atoms with Crippen LogP contribution in [0.3, 0.4) is 0 Å². The molecule has 17 heavy (non-hydrogen) atoms. The SMILES string of the molecule is CC(C)(C)OCCC(=O)Nc1cccc(N)c1. The lowest BCUT2D eigenvalue weighted by Crippen LogP contribution is -2.22. The van der Waals surface area contributed by atoms with Gasteiger partial charge in [-0.3, -0.25) is 4.79 Å². The molecule has 0 bridgehead atoms. The Balaban J connectivity index is 2.35. The molecule has 3 N–H and O–H groups in total. The van der Waals surface area contributed by atoms with Crippen molar-refractivity contribution in [3.63, 3.8) is 0 Å². The van der Waals surface area contributed by atoms with Crippen LogP contribution in [0.15, 0.2) is 24.3 Å². The molecule has 0 heterocycles. The van der Waals surface area contributed by atoms with E-state index in [0.717, 1.165) is 0 Å². The van der Waals surface area contributed by atoms with E-state index < -0.39 is 0 Å². The fourth-order valence-electron chi connectivity index (χ4n) is 1.29. The third kappa shape index (κ3) is 5.92. The Morgan fingerprint density at radius 2 is 2.12 bits per heavy atom. The summed E-state index contributed by atoms with van der Waals surface area (Å²) in [6.45, 7) is 6.30. The summed E-state index contributed by atoms with van der Waals surface area (Å²) in [5, 5.41) is 2.77. The molecular weight excluding hydrogens is 216 g/mol. The van der Waals surface area contributed by atoms with Gasteiger partial charge >= 0.3 is 0 Å². The first-order chi connectivity index (χ1) is 7.87. The zero-order valence-corrected chi connectivity index (χ0v) is 10.6. The molecule has 0 aliphatic heterocycles. The predicted octanol–water partition coefficient (Wildman–Crippen LogP) is 2.41. The Morgan fingerprint density at radius 1 is 1.41 bits per heavy atom. The molecule has 0 aliphatic carbocycles. The van der Waals surface area contributed by atoms with Crippen LogP contribution < -0.4 is 11.1 Å². The largest absolute Gasteiger partial charge is 0.399 e. The van der Waals surface area contributed by atoms with Gasteiger partial charge in [-0.25, -0.2) is 0 Å². The average molecular weight is 236 g/mol. The highest BCUT2D eigenvalue weighted by molar-refractivity contribution is 5.91. The average Bonchev–Trinajstić information content (AvgIpc) is 2.15. The van der Waals surface area contributed by atoms with Gasteiger partial charge < -0.3 is 15.8 Å². The maximum atomic E-state index is 11.6. The molecule has 1 rings (SSSR count). The second kappa shape index (κ2) is 5.68. The van der Waals surface area contributed by atoms with E-state index in [2.05, 4.69) is 5.32 Å². The molecule has 1 aromatic carbocycles. The van der Waals surface area contributed by atoms with Crippen LogP contribution in [0.2, 0.25) is 0 Å². The Labute approximate surface area is 102 Å². The number of nitrogens with one attached hydrogen (secondary N) is 1. The molecule has 0 fully saturated rings. The number of nitrogen functional groups attached to an aromatic ring is 1. The van der Waals surface area contributed by atoms with E-state index in [1.165, 1.54) is 0 Å². The molecule has 1 aromatic rings. The van der Waals surface area contributed by atoms with Gasteiger partial charge in [-0.15, -0.1) is 0 Å². The fraction of sp³-hybridized carbons (Fsp3) is 0.462. The molecule has 0 aromatic heterocycles. The van der Waals surface area contributed by atoms with Gasteiger partial charge in [0.25, 0.3) is 0 Å². The summed E-state index contributed by atoms with van der Waals surface area (Å²) in [4.78, 5) is 11.6. The third-order valence-electron chi connectivity index (χ3n) is 2.03. The van der Waals surface area contributed by atoms with E-state index in [9.17, 15) is 4.79 Å². The molecule has 1 amide bonds. The minimum Gasteiger partial charge on any atom is -0.399 e. The maximum Gasteiger partial charge on any atom is 0.226 e. The monoisotopic (exact) mass is 236 g/mol. The van der Waals surface area contributed by atoms with Crippen LogP contribution in [0.4, 0.5) is 11.4 Å². The molecule has 0 unspecified atom stereocenters. The summed E-state index contributed by atoms with van der Waals surface area (Å²) in [6.07, 6.45) is 0.339. The van der Waals surface area contributed by atoms with Gasteiger partial charge in [0, 0.05) is 11.4 Å². The predicted molar refractivity (Wildman–Crippen MR) is 69.8 cm³/mol. The second-order valence-electron chi connectivity index (χ2n) is 4.88. The van der Waals surface area contributed by atoms with Gasteiger partial charge in [0.05, 0.1) is 18.6 Å². The van der Waals surface area contributed by atoms with E-state index in [1.807, 2.05) is 20.8 Å². The Kier molecular flexibility index (Phi) is 4.52. The smallest absolute Gasteiger partial charge is 0.226 e. The summed E-state index contributed by atoms with van der Waals surface area (Å²) in [6, 6.07) is 7.11. The molecule has 0 aliphatic rings. The third-order valence-corrected chi connectivity index (χ3v) is 2.03. The number of hydrogen-bond donors (Lipinski definition) is 2. The van der Waals surface area contributed by atoms with Gasteiger partial charge in [-0.1, -0.05) is 6.07 Å². The van der Waals surface area contributed by atoms with Gasteiger partial charge in [-0.2, -0.15) is 0 Å². The Bertz CT molecular complexity index is 383. The van der Waals surface area contributed by atoms with Crippen molar-refractivity contribution in [2.75, 3.05) is 17.7 Å². The van der Waals surface area contributed by atoms with Crippen LogP contribution in [0.1, 0.15) is 27.2 Å². The van der Waals surface area contributed by atoms with E-state index in [4.69, 9.17) is 10.5 Å². The lowest BCUT2D eigenvalue weighted by atomic mass is 10.2. The Morgan fingerprint density at radius 3 is 2.71 bits per heavy atom. The fourth-order valence-corrected chi connectivity index (χ4v) is 1.29. The molecule has 94 valence electrons. The van der Waals surface area contributed by atoms with Crippen LogP contribution in [0.5, 0.6) is 0 Å². The normalized spacial score (nSPS) is 11.2. The Hall–Kier alpha value is -1.55. The van der Waals surface area contributed by atoms with Gasteiger partial charge in [0.15, 0.2) is 0 Å². The minimum atomic E-state index is -0.211. The van der Waals surface area contributed by atoms with Crippen molar-refractivity contribution in [2.45, 2.75) is 32.8 Å². The molecule has 4 nitrogen and oxygen atoms in total. The first-order valence-electron chi connectivity index (χ1n) is 5.66. The number of rotatable bonds is 4. The number of amides is 1. The zero-order chi connectivity index (χ0) is 12.9. The summed E-state index contributed by atoms with van der Waals surface area (Å²) in [5.74, 6) is -0.0696. The van der Waals surface area contributed by atoms with Crippen molar-refractivity contribution >= 4 is 17.3 Å². The number of carbonyl (C=O) groups excluding carboxylic acids is 1. The maximum absolute atomic E-state index is 11.6. The van der Waals surface area contributed by atoms with Crippen molar-refractivity contribution in [3.05, 3.63) is 24.3 Å². The number of anilines is 2. The van der Waals surface area contributed by atoms with Crippen LogP contribution >= 0.6 is 0 Å². The lowest BCUT2D eigenvalue weighted by molar-refractivity contribution is -0.118. The van der Waals surface area contributed by atoms with Crippen LogP contribution in [0.25, 0.3) is 0 Å². The van der Waals surface area contributed by atoms with Gasteiger partial charge in [0.2, 0.25) is 5.91 Å².